The number of rotatable bonds is 3. The van der Waals surface area contributed by atoms with Crippen molar-refractivity contribution >= 4 is 46.6 Å². The van der Waals surface area contributed by atoms with Gasteiger partial charge in [0.05, 0.1) is 0 Å². The minimum absolute atomic E-state index is 0. The summed E-state index contributed by atoms with van der Waals surface area (Å²) in [5.41, 5.74) is 11.9. The van der Waals surface area contributed by atoms with Gasteiger partial charge in [0, 0.05) is 16.6 Å². The number of fused-ring (bicyclic) bond motifs is 2. The van der Waals surface area contributed by atoms with E-state index < -0.39 is 0 Å². The molecule has 130 valence electrons. The van der Waals surface area contributed by atoms with Crippen LogP contribution in [0, 0.1) is 6.92 Å². The number of nitrogens with one attached hydrogen (secondary N) is 1. The molecule has 0 spiro atoms. The van der Waals surface area contributed by atoms with Gasteiger partial charge in [-0.2, -0.15) is 0 Å². The third kappa shape index (κ3) is 3.66. The van der Waals surface area contributed by atoms with E-state index in [0.29, 0.717) is 12.5 Å². The average Bonchev–Trinajstić information content (AvgIpc) is 3.17. The molecule has 1 aliphatic rings. The normalized spacial score (nSPS) is 13.6. The Morgan fingerprint density at radius 2 is 1.96 bits per heavy atom. The van der Waals surface area contributed by atoms with Crippen LogP contribution in [0.1, 0.15) is 28.9 Å². The van der Waals surface area contributed by atoms with E-state index in [0.717, 1.165) is 34.4 Å². The first-order valence-corrected chi connectivity index (χ1v) is 8.36. The molecule has 3 aromatic rings. The molecule has 4 nitrogen and oxygen atoms in total. The van der Waals surface area contributed by atoms with Gasteiger partial charge in [-0.3, -0.25) is 0 Å². The Kier molecular flexibility index (Phi) is 5.32. The quantitative estimate of drug-likeness (QED) is 0.345. The summed E-state index contributed by atoms with van der Waals surface area (Å²) < 4.78 is 5.87. The zero-order chi connectivity index (χ0) is 16.5. The van der Waals surface area contributed by atoms with Gasteiger partial charge in [0.1, 0.15) is 17.9 Å². The summed E-state index contributed by atoms with van der Waals surface area (Å²) in [6, 6.07) is 14.5. The first-order chi connectivity index (χ1) is 11.7. The lowest BCUT2D eigenvalue weighted by Crippen LogP contribution is -2.22. The fraction of sp³-hybridized carbons (Fsp3) is 0.250. The van der Waals surface area contributed by atoms with Crippen molar-refractivity contribution in [3.05, 3.63) is 64.9 Å². The summed E-state index contributed by atoms with van der Waals surface area (Å²) in [5, 5.41) is 4.31. The van der Waals surface area contributed by atoms with E-state index >= 15 is 0 Å². The minimum Gasteiger partial charge on any atom is -0.459 e. The molecule has 0 unspecified atom stereocenters. The average molecular weight is 447 g/mol. The monoisotopic (exact) mass is 447 g/mol. The van der Waals surface area contributed by atoms with Crippen LogP contribution in [0.4, 0.5) is 5.69 Å². The molecule has 25 heavy (non-hydrogen) atoms. The lowest BCUT2D eigenvalue weighted by Gasteiger charge is -2.07. The van der Waals surface area contributed by atoms with Gasteiger partial charge in [0.2, 0.25) is 0 Å². The summed E-state index contributed by atoms with van der Waals surface area (Å²) >= 11 is 0. The number of furan rings is 1. The Labute approximate surface area is 164 Å². The summed E-state index contributed by atoms with van der Waals surface area (Å²) in [6.45, 7) is 2.49. The maximum atomic E-state index is 6.04. The van der Waals surface area contributed by atoms with Crippen LogP contribution in [0.3, 0.4) is 0 Å². The van der Waals surface area contributed by atoms with Crippen molar-refractivity contribution in [1.82, 2.24) is 0 Å². The molecule has 0 saturated carbocycles. The van der Waals surface area contributed by atoms with Gasteiger partial charge in [-0.1, -0.05) is 24.3 Å². The van der Waals surface area contributed by atoms with E-state index in [2.05, 4.69) is 41.5 Å². The van der Waals surface area contributed by atoms with E-state index in [-0.39, 0.29) is 24.0 Å². The Balaban J connectivity index is 0.00000182. The standard InChI is InChI=1S/C20H21N3O.HI/c1-13-17-7-2-3-8-18(17)24-19(13)12-22-20(21)23-16-10-9-14-5-4-6-15(14)11-16;/h2-3,7-11H,4-6,12H2,1H3,(H3,21,22,23);1H. The van der Waals surface area contributed by atoms with E-state index in [9.17, 15) is 0 Å². The molecule has 1 aromatic heterocycles. The zero-order valence-corrected chi connectivity index (χ0v) is 16.5. The maximum absolute atomic E-state index is 6.04. The van der Waals surface area contributed by atoms with Crippen molar-refractivity contribution in [1.29, 1.82) is 0 Å². The highest BCUT2D eigenvalue weighted by molar-refractivity contribution is 14.0. The van der Waals surface area contributed by atoms with E-state index in [4.69, 9.17) is 10.2 Å². The molecule has 0 saturated heterocycles. The third-order valence-corrected chi connectivity index (χ3v) is 4.71. The van der Waals surface area contributed by atoms with E-state index in [1.165, 1.54) is 24.0 Å². The first kappa shape index (κ1) is 17.8. The van der Waals surface area contributed by atoms with Crippen molar-refractivity contribution in [2.75, 3.05) is 5.32 Å². The molecule has 1 aliphatic carbocycles. The number of aryl methyl sites for hydroxylation is 3. The Morgan fingerprint density at radius 3 is 2.80 bits per heavy atom. The second-order valence-electron chi connectivity index (χ2n) is 6.31. The molecule has 1 heterocycles. The highest BCUT2D eigenvalue weighted by atomic mass is 127. The number of para-hydroxylation sites is 1. The van der Waals surface area contributed by atoms with Gasteiger partial charge < -0.3 is 15.5 Å². The van der Waals surface area contributed by atoms with Crippen molar-refractivity contribution in [2.45, 2.75) is 32.7 Å². The van der Waals surface area contributed by atoms with Crippen LogP contribution in [0.5, 0.6) is 0 Å². The summed E-state index contributed by atoms with van der Waals surface area (Å²) in [5.74, 6) is 1.27. The summed E-state index contributed by atoms with van der Waals surface area (Å²) in [7, 11) is 0. The predicted octanol–water partition coefficient (Wildman–Crippen LogP) is 4.77. The first-order valence-electron chi connectivity index (χ1n) is 8.36. The highest BCUT2D eigenvalue weighted by Crippen LogP contribution is 2.26. The number of nitrogens with two attached hydrogens (primary N) is 1. The number of anilines is 1. The van der Waals surface area contributed by atoms with Crippen molar-refractivity contribution < 1.29 is 4.42 Å². The molecule has 0 bridgehead atoms. The van der Waals surface area contributed by atoms with Gasteiger partial charge in [-0.05, 0) is 55.5 Å². The number of hydrogen-bond acceptors (Lipinski definition) is 2. The fourth-order valence-electron chi connectivity index (χ4n) is 3.37. The minimum atomic E-state index is 0. The van der Waals surface area contributed by atoms with Crippen LogP contribution < -0.4 is 11.1 Å². The number of guanidine groups is 1. The van der Waals surface area contributed by atoms with Gasteiger partial charge in [-0.25, -0.2) is 4.99 Å². The van der Waals surface area contributed by atoms with E-state index in [1.54, 1.807) is 0 Å². The highest BCUT2D eigenvalue weighted by Gasteiger charge is 2.11. The third-order valence-electron chi connectivity index (χ3n) is 4.71. The largest absolute Gasteiger partial charge is 0.459 e. The van der Waals surface area contributed by atoms with Crippen LogP contribution >= 0.6 is 24.0 Å². The lowest BCUT2D eigenvalue weighted by atomic mass is 10.1. The number of halogens is 1. The Hall–Kier alpha value is -2.02. The van der Waals surface area contributed by atoms with Crippen molar-refractivity contribution in [3.8, 4) is 0 Å². The van der Waals surface area contributed by atoms with Gasteiger partial charge in [0.15, 0.2) is 5.96 Å². The Morgan fingerprint density at radius 1 is 1.16 bits per heavy atom. The number of aliphatic imine (C=N–C) groups is 1. The number of hydrogen-bond donors (Lipinski definition) is 2. The molecule has 2 aromatic carbocycles. The fourth-order valence-corrected chi connectivity index (χ4v) is 3.37. The Bertz CT molecular complexity index is 930. The molecule has 5 heteroatoms. The predicted molar refractivity (Wildman–Crippen MR) is 114 cm³/mol. The molecule has 0 aliphatic heterocycles. The SMILES string of the molecule is Cc1c(CN=C(N)Nc2ccc3c(c2)CCC3)oc2ccccc12.I. The lowest BCUT2D eigenvalue weighted by molar-refractivity contribution is 0.549. The van der Waals surface area contributed by atoms with Crippen molar-refractivity contribution in [2.24, 2.45) is 10.7 Å². The zero-order valence-electron chi connectivity index (χ0n) is 14.2. The van der Waals surface area contributed by atoms with Crippen LogP contribution in [-0.4, -0.2) is 5.96 Å². The molecule has 0 amide bonds. The van der Waals surface area contributed by atoms with Crippen LogP contribution in [-0.2, 0) is 19.4 Å². The molecule has 0 fully saturated rings. The second kappa shape index (κ2) is 7.47. The molecule has 4 rings (SSSR count). The van der Waals surface area contributed by atoms with Gasteiger partial charge >= 0.3 is 0 Å². The van der Waals surface area contributed by atoms with Crippen LogP contribution in [0.25, 0.3) is 11.0 Å². The summed E-state index contributed by atoms with van der Waals surface area (Å²) in [4.78, 5) is 4.43. The van der Waals surface area contributed by atoms with Crippen molar-refractivity contribution in [3.63, 3.8) is 0 Å². The smallest absolute Gasteiger partial charge is 0.193 e. The van der Waals surface area contributed by atoms with Gasteiger partial charge in [0.25, 0.3) is 0 Å². The molecule has 3 N–H and O–H groups in total. The molecule has 0 atom stereocenters. The van der Waals surface area contributed by atoms with Gasteiger partial charge in [-0.15, -0.1) is 24.0 Å². The van der Waals surface area contributed by atoms with E-state index in [1.807, 2.05) is 18.2 Å². The number of benzene rings is 2. The topological polar surface area (TPSA) is 63.5 Å². The molecule has 0 radical (unpaired) electrons. The maximum Gasteiger partial charge on any atom is 0.193 e. The molecular weight excluding hydrogens is 425 g/mol. The second-order valence-corrected chi connectivity index (χ2v) is 6.31. The molecular formula is C20H22IN3O. The van der Waals surface area contributed by atoms with Crippen LogP contribution in [0.15, 0.2) is 51.9 Å². The summed E-state index contributed by atoms with van der Waals surface area (Å²) in [6.07, 6.45) is 3.58. The van der Waals surface area contributed by atoms with Crippen LogP contribution in [0.2, 0.25) is 0 Å². The number of nitrogens with zero attached hydrogens (tertiary/aromatic N) is 1.